The molecule has 4 heteroatoms. The minimum atomic E-state index is -0.321. The van der Waals surface area contributed by atoms with Gasteiger partial charge in [0, 0.05) is 6.16 Å². The maximum atomic E-state index is 10.3. The fraction of sp³-hybridized carbons (Fsp3) is 1.00. The topological polar surface area (TPSA) is 69.1 Å². The van der Waals surface area contributed by atoms with E-state index in [0.29, 0.717) is 13.9 Å². The summed E-state index contributed by atoms with van der Waals surface area (Å²) in [5, 5.41) is 0. The molecule has 1 aliphatic carbocycles. The Morgan fingerprint density at radius 1 is 1.00 bits per heavy atom. The van der Waals surface area contributed by atoms with Crippen LogP contribution in [0.3, 0.4) is 0 Å². The maximum absolute atomic E-state index is 10.3. The van der Waals surface area contributed by atoms with E-state index in [0.717, 1.165) is 25.4 Å². The number of nitrogens with two attached hydrogens (primary N) is 2. The predicted octanol–water partition coefficient (Wildman–Crippen LogP) is 4.84. The molecule has 1 rings (SSSR count). The summed E-state index contributed by atoms with van der Waals surface area (Å²) >= 11 is 0. The molecule has 0 spiro atoms. The molecule has 0 aromatic carbocycles. The second-order valence-corrected chi connectivity index (χ2v) is 7.02. The SMILES string of the molecule is CCC(CC)(CC)CCCP=O.NC1(N)CCCCC1. The Kier molecular flexibility index (Phi) is 10.7. The van der Waals surface area contributed by atoms with Gasteiger partial charge in [0.05, 0.1) is 5.66 Å². The number of hydrogen-bond donors (Lipinski definition) is 2. The van der Waals surface area contributed by atoms with E-state index in [1.54, 1.807) is 0 Å². The zero-order valence-corrected chi connectivity index (χ0v) is 14.7. The van der Waals surface area contributed by atoms with Crippen molar-refractivity contribution < 1.29 is 4.57 Å². The van der Waals surface area contributed by atoms with Gasteiger partial charge in [-0.15, -0.1) is 0 Å². The molecule has 0 heterocycles. The fourth-order valence-electron chi connectivity index (χ4n) is 3.01. The third kappa shape index (κ3) is 8.34. The Labute approximate surface area is 127 Å². The molecule has 0 aromatic rings. The van der Waals surface area contributed by atoms with Gasteiger partial charge in [0.1, 0.15) is 0 Å². The van der Waals surface area contributed by atoms with Gasteiger partial charge in [-0.2, -0.15) is 0 Å². The van der Waals surface area contributed by atoms with Crippen LogP contribution in [0.5, 0.6) is 0 Å². The molecule has 0 amide bonds. The van der Waals surface area contributed by atoms with Crippen LogP contribution in [0.1, 0.15) is 85.0 Å². The van der Waals surface area contributed by atoms with Crippen LogP contribution in [0.15, 0.2) is 0 Å². The Bertz CT molecular complexity index is 237. The highest BCUT2D eigenvalue weighted by molar-refractivity contribution is 7.23. The molecule has 0 aliphatic heterocycles. The van der Waals surface area contributed by atoms with Crippen LogP contribution in [0.4, 0.5) is 0 Å². The Morgan fingerprint density at radius 3 is 1.80 bits per heavy atom. The summed E-state index contributed by atoms with van der Waals surface area (Å²) < 4.78 is 10.3. The molecule has 0 unspecified atom stereocenters. The summed E-state index contributed by atoms with van der Waals surface area (Å²) in [5.41, 5.74) is 11.5. The van der Waals surface area contributed by atoms with Crippen molar-refractivity contribution in [2.75, 3.05) is 6.16 Å². The molecule has 1 aliphatic rings. The van der Waals surface area contributed by atoms with E-state index in [1.165, 1.54) is 44.9 Å². The highest BCUT2D eigenvalue weighted by Crippen LogP contribution is 2.35. The summed E-state index contributed by atoms with van der Waals surface area (Å²) in [7, 11) is 0.311. The van der Waals surface area contributed by atoms with Crippen molar-refractivity contribution in [1.82, 2.24) is 0 Å². The molecule has 0 radical (unpaired) electrons. The van der Waals surface area contributed by atoms with Crippen molar-refractivity contribution in [3.63, 3.8) is 0 Å². The maximum Gasteiger partial charge on any atom is 0.155 e. The molecular weight excluding hydrogens is 267 g/mol. The van der Waals surface area contributed by atoms with E-state index in [2.05, 4.69) is 20.8 Å². The fourth-order valence-corrected chi connectivity index (χ4v) is 3.30. The van der Waals surface area contributed by atoms with Crippen LogP contribution in [-0.4, -0.2) is 11.8 Å². The molecule has 0 saturated heterocycles. The van der Waals surface area contributed by atoms with E-state index in [4.69, 9.17) is 11.5 Å². The smallest absolute Gasteiger partial charge is 0.155 e. The normalized spacial score (nSPS) is 18.4. The summed E-state index contributed by atoms with van der Waals surface area (Å²) in [5.74, 6) is 0. The van der Waals surface area contributed by atoms with Crippen LogP contribution in [-0.2, 0) is 4.57 Å². The molecule has 0 bridgehead atoms. The van der Waals surface area contributed by atoms with Gasteiger partial charge in [-0.1, -0.05) is 59.3 Å². The van der Waals surface area contributed by atoms with E-state index < -0.39 is 0 Å². The molecule has 4 N–H and O–H groups in total. The lowest BCUT2D eigenvalue weighted by Crippen LogP contribution is -2.50. The van der Waals surface area contributed by atoms with Crippen molar-refractivity contribution in [3.05, 3.63) is 0 Å². The van der Waals surface area contributed by atoms with Gasteiger partial charge in [-0.25, -0.2) is 0 Å². The lowest BCUT2D eigenvalue weighted by Gasteiger charge is -2.30. The van der Waals surface area contributed by atoms with Crippen molar-refractivity contribution in [3.8, 4) is 0 Å². The standard InChI is InChI=1S/C10H21OP.C6H14N2/c1-4-10(5-2,6-3)8-7-9-12-11;7-6(8)4-2-1-3-5-6/h4-9H2,1-3H3;1-5,7-8H2. The van der Waals surface area contributed by atoms with Gasteiger partial charge in [-0.3, -0.25) is 4.57 Å². The second-order valence-electron chi connectivity index (χ2n) is 6.31. The van der Waals surface area contributed by atoms with Crippen molar-refractivity contribution in [2.24, 2.45) is 16.9 Å². The van der Waals surface area contributed by atoms with Gasteiger partial charge in [0.2, 0.25) is 0 Å². The lowest BCUT2D eigenvalue weighted by atomic mass is 9.76. The quantitative estimate of drug-likeness (QED) is 0.401. The van der Waals surface area contributed by atoms with Gasteiger partial charge in [-0.05, 0) is 31.1 Å². The van der Waals surface area contributed by atoms with Gasteiger partial charge in [0.25, 0.3) is 0 Å². The third-order valence-electron chi connectivity index (χ3n) is 4.99. The third-order valence-corrected chi connectivity index (χ3v) is 5.49. The Morgan fingerprint density at radius 2 is 1.50 bits per heavy atom. The van der Waals surface area contributed by atoms with Gasteiger partial charge >= 0.3 is 0 Å². The first-order valence-corrected chi connectivity index (χ1v) is 9.32. The molecule has 120 valence electrons. The summed E-state index contributed by atoms with van der Waals surface area (Å²) in [6.07, 6.45) is 12.7. The largest absolute Gasteiger partial charge is 0.313 e. The number of hydrogen-bond acceptors (Lipinski definition) is 3. The van der Waals surface area contributed by atoms with Crippen LogP contribution >= 0.6 is 8.46 Å². The first-order valence-electron chi connectivity index (χ1n) is 8.32. The predicted molar refractivity (Wildman–Crippen MR) is 89.2 cm³/mol. The minimum absolute atomic E-state index is 0.311. The van der Waals surface area contributed by atoms with E-state index in [-0.39, 0.29) is 5.66 Å². The van der Waals surface area contributed by atoms with Crippen LogP contribution in [0.2, 0.25) is 0 Å². The van der Waals surface area contributed by atoms with E-state index in [1.807, 2.05) is 0 Å². The van der Waals surface area contributed by atoms with Crippen LogP contribution in [0, 0.1) is 5.41 Å². The minimum Gasteiger partial charge on any atom is -0.313 e. The second kappa shape index (κ2) is 10.7. The van der Waals surface area contributed by atoms with Crippen molar-refractivity contribution >= 4 is 8.46 Å². The van der Waals surface area contributed by atoms with Crippen LogP contribution in [0.25, 0.3) is 0 Å². The lowest BCUT2D eigenvalue weighted by molar-refractivity contribution is 0.227. The zero-order chi connectivity index (χ0) is 15.5. The summed E-state index contributed by atoms with van der Waals surface area (Å²) in [6.45, 7) is 6.80. The first kappa shape index (κ1) is 20.0. The average Bonchev–Trinajstić information content (AvgIpc) is 2.45. The summed E-state index contributed by atoms with van der Waals surface area (Å²) in [4.78, 5) is 0. The molecule has 1 fully saturated rings. The Hall–Kier alpha value is 0.0200. The molecular formula is C16H35N2OP. The molecule has 20 heavy (non-hydrogen) atoms. The van der Waals surface area contributed by atoms with Crippen molar-refractivity contribution in [1.29, 1.82) is 0 Å². The summed E-state index contributed by atoms with van der Waals surface area (Å²) in [6, 6.07) is 0. The Balaban J connectivity index is 0.000000388. The first-order chi connectivity index (χ1) is 9.45. The number of rotatable bonds is 7. The van der Waals surface area contributed by atoms with Crippen molar-refractivity contribution in [2.45, 2.75) is 90.6 Å². The highest BCUT2D eigenvalue weighted by atomic mass is 31.1. The van der Waals surface area contributed by atoms with Gasteiger partial charge < -0.3 is 11.5 Å². The van der Waals surface area contributed by atoms with Crippen LogP contribution < -0.4 is 11.5 Å². The zero-order valence-electron chi connectivity index (χ0n) is 13.8. The molecule has 1 saturated carbocycles. The average molecular weight is 302 g/mol. The molecule has 3 nitrogen and oxygen atoms in total. The van der Waals surface area contributed by atoms with E-state index in [9.17, 15) is 4.57 Å². The van der Waals surface area contributed by atoms with E-state index >= 15 is 0 Å². The monoisotopic (exact) mass is 302 g/mol. The molecule has 0 aromatic heterocycles. The molecule has 0 atom stereocenters. The van der Waals surface area contributed by atoms with Gasteiger partial charge in [0.15, 0.2) is 8.46 Å². The highest BCUT2D eigenvalue weighted by Gasteiger charge is 2.22.